The predicted molar refractivity (Wildman–Crippen MR) is 82.5 cm³/mol. The first-order chi connectivity index (χ1) is 10.2. The van der Waals surface area contributed by atoms with E-state index in [-0.39, 0.29) is 11.9 Å². The Hall–Kier alpha value is -0.930. The topological polar surface area (TPSA) is 32.3 Å². The van der Waals surface area contributed by atoms with Crippen LogP contribution in [-0.2, 0) is 0 Å². The summed E-state index contributed by atoms with van der Waals surface area (Å²) in [5, 5.41) is 14.4. The fraction of sp³-hybridized carbons (Fsp3) is 0.667. The van der Waals surface area contributed by atoms with E-state index in [1.165, 1.54) is 37.8 Å². The first kappa shape index (κ1) is 15.0. The van der Waals surface area contributed by atoms with Crippen molar-refractivity contribution in [3.63, 3.8) is 0 Å². The summed E-state index contributed by atoms with van der Waals surface area (Å²) in [5.74, 6) is 0.459. The Kier molecular flexibility index (Phi) is 4.60. The molecule has 0 spiro atoms. The average molecular weight is 291 g/mol. The van der Waals surface area contributed by atoms with Crippen molar-refractivity contribution in [3.05, 3.63) is 35.6 Å². The van der Waals surface area contributed by atoms with Gasteiger partial charge in [0, 0.05) is 12.6 Å². The van der Waals surface area contributed by atoms with E-state index in [9.17, 15) is 9.50 Å². The number of nitrogens with one attached hydrogen (secondary N) is 1. The minimum Gasteiger partial charge on any atom is -0.389 e. The van der Waals surface area contributed by atoms with Crippen LogP contribution in [0.5, 0.6) is 0 Å². The largest absolute Gasteiger partial charge is 0.389 e. The Morgan fingerprint density at radius 2 is 1.71 bits per heavy atom. The first-order valence-electron chi connectivity index (χ1n) is 8.38. The molecule has 3 rings (SSSR count). The summed E-state index contributed by atoms with van der Waals surface area (Å²) < 4.78 is 13.1. The third-order valence-corrected chi connectivity index (χ3v) is 5.01. The van der Waals surface area contributed by atoms with Crippen LogP contribution in [0.25, 0.3) is 0 Å². The van der Waals surface area contributed by atoms with Crippen LogP contribution >= 0.6 is 0 Å². The summed E-state index contributed by atoms with van der Waals surface area (Å²) in [6, 6.07) is 7.09. The van der Waals surface area contributed by atoms with Gasteiger partial charge in [-0.1, -0.05) is 37.8 Å². The fourth-order valence-corrected chi connectivity index (χ4v) is 3.52. The zero-order valence-corrected chi connectivity index (χ0v) is 12.7. The molecule has 2 fully saturated rings. The molecule has 1 aromatic rings. The fourth-order valence-electron chi connectivity index (χ4n) is 3.52. The number of hydrogen-bond donors (Lipinski definition) is 2. The summed E-state index contributed by atoms with van der Waals surface area (Å²) in [5.41, 5.74) is 0.597. The molecule has 0 radical (unpaired) electrons. The van der Waals surface area contributed by atoms with Crippen molar-refractivity contribution in [1.82, 2.24) is 5.32 Å². The van der Waals surface area contributed by atoms with E-state index in [0.717, 1.165) is 31.2 Å². The molecular weight excluding hydrogens is 265 g/mol. The second-order valence-electron chi connectivity index (χ2n) is 6.89. The van der Waals surface area contributed by atoms with Gasteiger partial charge < -0.3 is 10.4 Å². The molecule has 2 aliphatic carbocycles. The molecule has 2 N–H and O–H groups in total. The molecule has 2 aliphatic rings. The molecule has 1 atom stereocenters. The molecule has 1 aromatic carbocycles. The van der Waals surface area contributed by atoms with E-state index in [4.69, 9.17) is 0 Å². The highest BCUT2D eigenvalue weighted by Gasteiger charge is 2.35. The van der Waals surface area contributed by atoms with Gasteiger partial charge in [0.15, 0.2) is 0 Å². The van der Waals surface area contributed by atoms with Crippen LogP contribution in [0.15, 0.2) is 24.3 Å². The predicted octanol–water partition coefficient (Wildman–Crippen LogP) is 3.95. The van der Waals surface area contributed by atoms with Crippen LogP contribution in [0.3, 0.4) is 0 Å². The van der Waals surface area contributed by atoms with E-state index in [1.54, 1.807) is 0 Å². The van der Waals surface area contributed by atoms with Crippen molar-refractivity contribution in [2.24, 2.45) is 5.92 Å². The van der Waals surface area contributed by atoms with Gasteiger partial charge in [0.25, 0.3) is 0 Å². The second-order valence-corrected chi connectivity index (χ2v) is 6.89. The Morgan fingerprint density at radius 1 is 1.10 bits per heavy atom. The molecular formula is C18H26FNO. The minimum absolute atomic E-state index is 0.185. The lowest BCUT2D eigenvalue weighted by atomic mass is 9.93. The molecule has 116 valence electrons. The Morgan fingerprint density at radius 3 is 2.29 bits per heavy atom. The molecule has 1 unspecified atom stereocenters. The van der Waals surface area contributed by atoms with Crippen LogP contribution in [-0.4, -0.2) is 17.3 Å². The van der Waals surface area contributed by atoms with Crippen molar-refractivity contribution in [3.8, 4) is 0 Å². The van der Waals surface area contributed by atoms with E-state index in [0.29, 0.717) is 12.5 Å². The molecule has 0 aliphatic heterocycles. The van der Waals surface area contributed by atoms with E-state index in [1.807, 2.05) is 12.1 Å². The van der Waals surface area contributed by atoms with Gasteiger partial charge in [-0.15, -0.1) is 0 Å². The SMILES string of the molecule is OC1(CNC(c2ccc(F)cc2)C2CC2)CCCCCC1. The zero-order chi connectivity index (χ0) is 14.7. The molecule has 0 amide bonds. The van der Waals surface area contributed by atoms with Gasteiger partial charge in [-0.05, 0) is 49.3 Å². The van der Waals surface area contributed by atoms with Crippen molar-refractivity contribution < 1.29 is 9.50 Å². The summed E-state index contributed by atoms with van der Waals surface area (Å²) in [6.07, 6.45) is 9.01. The van der Waals surface area contributed by atoms with Crippen LogP contribution < -0.4 is 5.32 Å². The maximum atomic E-state index is 13.1. The highest BCUT2D eigenvalue weighted by atomic mass is 19.1. The van der Waals surface area contributed by atoms with Gasteiger partial charge in [-0.25, -0.2) is 4.39 Å². The quantitative estimate of drug-likeness (QED) is 0.805. The Labute approximate surface area is 126 Å². The van der Waals surface area contributed by atoms with Crippen molar-refractivity contribution in [2.45, 2.75) is 63.0 Å². The molecule has 21 heavy (non-hydrogen) atoms. The lowest BCUT2D eigenvalue weighted by Crippen LogP contribution is -2.42. The van der Waals surface area contributed by atoms with Crippen LogP contribution in [0.4, 0.5) is 4.39 Å². The van der Waals surface area contributed by atoms with Crippen LogP contribution in [0.1, 0.15) is 63.0 Å². The van der Waals surface area contributed by atoms with Crippen LogP contribution in [0.2, 0.25) is 0 Å². The summed E-state index contributed by atoms with van der Waals surface area (Å²) in [4.78, 5) is 0. The summed E-state index contributed by atoms with van der Waals surface area (Å²) in [7, 11) is 0. The van der Waals surface area contributed by atoms with E-state index < -0.39 is 5.60 Å². The molecule has 2 nitrogen and oxygen atoms in total. The maximum Gasteiger partial charge on any atom is 0.123 e. The molecule has 0 saturated heterocycles. The van der Waals surface area contributed by atoms with Gasteiger partial charge in [0.1, 0.15) is 5.82 Å². The van der Waals surface area contributed by atoms with Gasteiger partial charge >= 0.3 is 0 Å². The third-order valence-electron chi connectivity index (χ3n) is 5.01. The monoisotopic (exact) mass is 291 g/mol. The normalized spacial score (nSPS) is 23.5. The van der Waals surface area contributed by atoms with Crippen LogP contribution in [0, 0.1) is 11.7 Å². The number of hydrogen-bond acceptors (Lipinski definition) is 2. The lowest BCUT2D eigenvalue weighted by molar-refractivity contribution is 0.0220. The number of rotatable bonds is 5. The van der Waals surface area contributed by atoms with Gasteiger partial charge in [-0.3, -0.25) is 0 Å². The van der Waals surface area contributed by atoms with E-state index in [2.05, 4.69) is 5.32 Å². The van der Waals surface area contributed by atoms with Crippen molar-refractivity contribution >= 4 is 0 Å². The standard InChI is InChI=1S/C18H26FNO/c19-16-9-7-15(8-10-16)17(14-5-6-14)20-13-18(21)11-3-1-2-4-12-18/h7-10,14,17,20-21H,1-6,11-13H2. The zero-order valence-electron chi connectivity index (χ0n) is 12.7. The summed E-state index contributed by atoms with van der Waals surface area (Å²) >= 11 is 0. The first-order valence-corrected chi connectivity index (χ1v) is 8.38. The molecule has 3 heteroatoms. The Bertz CT molecular complexity index is 447. The third kappa shape index (κ3) is 4.04. The smallest absolute Gasteiger partial charge is 0.123 e. The lowest BCUT2D eigenvalue weighted by Gasteiger charge is -2.30. The molecule has 2 saturated carbocycles. The maximum absolute atomic E-state index is 13.1. The van der Waals surface area contributed by atoms with Gasteiger partial charge in [0.2, 0.25) is 0 Å². The molecule has 0 bridgehead atoms. The Balaban J connectivity index is 1.64. The number of aliphatic hydroxyl groups is 1. The number of halogens is 1. The summed E-state index contributed by atoms with van der Waals surface area (Å²) in [6.45, 7) is 0.658. The highest BCUT2D eigenvalue weighted by molar-refractivity contribution is 5.22. The van der Waals surface area contributed by atoms with Gasteiger partial charge in [0.05, 0.1) is 5.60 Å². The van der Waals surface area contributed by atoms with E-state index >= 15 is 0 Å². The van der Waals surface area contributed by atoms with Crippen molar-refractivity contribution in [1.29, 1.82) is 0 Å². The highest BCUT2D eigenvalue weighted by Crippen LogP contribution is 2.41. The minimum atomic E-state index is -0.552. The second kappa shape index (κ2) is 6.45. The van der Waals surface area contributed by atoms with Crippen molar-refractivity contribution in [2.75, 3.05) is 6.54 Å². The molecule has 0 heterocycles. The average Bonchev–Trinajstić information content (AvgIpc) is 3.30. The van der Waals surface area contributed by atoms with Gasteiger partial charge in [-0.2, -0.15) is 0 Å². The molecule has 0 aromatic heterocycles. The number of benzene rings is 1.